The van der Waals surface area contributed by atoms with Crippen molar-refractivity contribution in [2.75, 3.05) is 0 Å². The first-order valence-electron chi connectivity index (χ1n) is 6.28. The molecule has 2 aromatic heterocycles. The maximum absolute atomic E-state index is 13.3. The molecule has 0 bridgehead atoms. The molecule has 7 nitrogen and oxygen atoms in total. The molecule has 0 saturated heterocycles. The molecule has 0 spiro atoms. The third-order valence-corrected chi connectivity index (χ3v) is 3.21. The average Bonchev–Trinajstić information content (AvgIpc) is 2.99. The van der Waals surface area contributed by atoms with Gasteiger partial charge in [0.25, 0.3) is 5.88 Å². The van der Waals surface area contributed by atoms with Crippen molar-refractivity contribution in [3.8, 4) is 22.8 Å². The summed E-state index contributed by atoms with van der Waals surface area (Å²) in [7, 11) is 0. The highest BCUT2D eigenvalue weighted by Crippen LogP contribution is 2.29. The van der Waals surface area contributed by atoms with Crippen molar-refractivity contribution in [3.05, 3.63) is 53.2 Å². The fourth-order valence-electron chi connectivity index (χ4n) is 1.88. The molecule has 0 aliphatic carbocycles. The Morgan fingerprint density at radius 3 is 2.74 bits per heavy atom. The lowest BCUT2D eigenvalue weighted by atomic mass is 10.1. The number of nitrogens with one attached hydrogen (secondary N) is 1. The second-order valence-corrected chi connectivity index (χ2v) is 4.77. The standard InChI is InChI=1S/C14H8ClFN4O3/c15-12-10(5-8(16)6-17-12)7-1-3-9(4-2-7)23-13-11(14(21)22)18-20-19-13/h1-6H,(H,21,22)(H,18,19,20). The number of aromatic carboxylic acids is 1. The number of hydrogen-bond acceptors (Lipinski definition) is 5. The number of rotatable bonds is 4. The molecule has 9 heteroatoms. The Balaban J connectivity index is 1.86. The lowest BCUT2D eigenvalue weighted by Gasteiger charge is -2.06. The number of carbonyl (C=O) groups is 1. The van der Waals surface area contributed by atoms with Crippen LogP contribution >= 0.6 is 11.6 Å². The van der Waals surface area contributed by atoms with Gasteiger partial charge in [0, 0.05) is 5.56 Å². The first kappa shape index (κ1) is 14.9. The van der Waals surface area contributed by atoms with E-state index in [2.05, 4.69) is 20.4 Å². The highest BCUT2D eigenvalue weighted by atomic mass is 35.5. The highest BCUT2D eigenvalue weighted by molar-refractivity contribution is 6.32. The summed E-state index contributed by atoms with van der Waals surface area (Å²) in [5, 5.41) is 18.2. The topological polar surface area (TPSA) is 101 Å². The van der Waals surface area contributed by atoms with E-state index in [1.54, 1.807) is 24.3 Å². The predicted octanol–water partition coefficient (Wildman–Crippen LogP) is 3.15. The number of ether oxygens (including phenoxy) is 1. The second-order valence-electron chi connectivity index (χ2n) is 4.41. The minimum atomic E-state index is -1.26. The monoisotopic (exact) mass is 334 g/mol. The molecule has 0 amide bonds. The van der Waals surface area contributed by atoms with Crippen molar-refractivity contribution >= 4 is 17.6 Å². The van der Waals surface area contributed by atoms with E-state index in [1.165, 1.54) is 6.07 Å². The molecule has 3 aromatic rings. The van der Waals surface area contributed by atoms with E-state index in [4.69, 9.17) is 21.4 Å². The Hall–Kier alpha value is -3.00. The molecule has 0 atom stereocenters. The van der Waals surface area contributed by atoms with Crippen molar-refractivity contribution < 1.29 is 19.0 Å². The molecule has 0 aliphatic rings. The molecule has 0 aliphatic heterocycles. The van der Waals surface area contributed by atoms with Gasteiger partial charge in [-0.2, -0.15) is 0 Å². The van der Waals surface area contributed by atoms with Gasteiger partial charge in [-0.15, -0.1) is 5.10 Å². The number of aromatic nitrogens is 4. The molecule has 2 N–H and O–H groups in total. The van der Waals surface area contributed by atoms with Gasteiger partial charge >= 0.3 is 5.97 Å². The minimum Gasteiger partial charge on any atom is -0.476 e. The zero-order valence-corrected chi connectivity index (χ0v) is 12.1. The van der Waals surface area contributed by atoms with Gasteiger partial charge in [-0.1, -0.05) is 28.9 Å². The van der Waals surface area contributed by atoms with E-state index in [0.29, 0.717) is 16.9 Å². The van der Waals surface area contributed by atoms with E-state index in [9.17, 15) is 9.18 Å². The van der Waals surface area contributed by atoms with Crippen molar-refractivity contribution in [2.45, 2.75) is 0 Å². The molecule has 0 saturated carbocycles. The maximum Gasteiger partial charge on any atom is 0.362 e. The molecule has 3 rings (SSSR count). The summed E-state index contributed by atoms with van der Waals surface area (Å²) in [6, 6.07) is 7.70. The zero-order valence-electron chi connectivity index (χ0n) is 11.3. The van der Waals surface area contributed by atoms with Crippen LogP contribution in [0.5, 0.6) is 11.6 Å². The fourth-order valence-corrected chi connectivity index (χ4v) is 2.09. The summed E-state index contributed by atoms with van der Waals surface area (Å²) in [6.07, 6.45) is 1.03. The highest BCUT2D eigenvalue weighted by Gasteiger charge is 2.17. The lowest BCUT2D eigenvalue weighted by Crippen LogP contribution is -1.99. The fraction of sp³-hybridized carbons (Fsp3) is 0. The molecular weight excluding hydrogens is 327 g/mol. The number of halogens is 2. The summed E-state index contributed by atoms with van der Waals surface area (Å²) >= 11 is 5.95. The van der Waals surface area contributed by atoms with Gasteiger partial charge in [-0.3, -0.25) is 0 Å². The van der Waals surface area contributed by atoms with Crippen LogP contribution in [0.4, 0.5) is 4.39 Å². The molecule has 0 fully saturated rings. The van der Waals surface area contributed by atoms with Crippen LogP contribution in [0.2, 0.25) is 5.15 Å². The van der Waals surface area contributed by atoms with Gasteiger partial charge in [0.05, 0.1) is 6.20 Å². The number of nitrogens with zero attached hydrogens (tertiary/aromatic N) is 3. The summed E-state index contributed by atoms with van der Waals surface area (Å²) in [5.74, 6) is -1.50. The number of pyridine rings is 1. The molecule has 116 valence electrons. The van der Waals surface area contributed by atoms with E-state index in [-0.39, 0.29) is 16.7 Å². The smallest absolute Gasteiger partial charge is 0.362 e. The van der Waals surface area contributed by atoms with E-state index >= 15 is 0 Å². The quantitative estimate of drug-likeness (QED) is 0.711. The number of H-pyrrole nitrogens is 1. The van der Waals surface area contributed by atoms with Crippen LogP contribution in [0.1, 0.15) is 10.5 Å². The minimum absolute atomic E-state index is 0.0873. The Morgan fingerprint density at radius 2 is 2.04 bits per heavy atom. The van der Waals surface area contributed by atoms with Crippen molar-refractivity contribution in [1.29, 1.82) is 0 Å². The summed E-state index contributed by atoms with van der Waals surface area (Å²) in [6.45, 7) is 0. The largest absolute Gasteiger partial charge is 0.476 e. The first-order chi connectivity index (χ1) is 11.0. The lowest BCUT2D eigenvalue weighted by molar-refractivity contribution is 0.0687. The summed E-state index contributed by atoms with van der Waals surface area (Å²) in [5.41, 5.74) is 0.745. The van der Waals surface area contributed by atoms with E-state index < -0.39 is 11.8 Å². The average molecular weight is 335 g/mol. The van der Waals surface area contributed by atoms with Gasteiger partial charge in [0.1, 0.15) is 16.7 Å². The first-order valence-corrected chi connectivity index (χ1v) is 6.66. The van der Waals surface area contributed by atoms with Crippen LogP contribution in [-0.2, 0) is 0 Å². The number of carboxylic acid groups (broad SMARTS) is 1. The van der Waals surface area contributed by atoms with Gasteiger partial charge < -0.3 is 9.84 Å². The van der Waals surface area contributed by atoms with Crippen molar-refractivity contribution in [3.63, 3.8) is 0 Å². The third kappa shape index (κ3) is 3.11. The van der Waals surface area contributed by atoms with Crippen molar-refractivity contribution in [2.24, 2.45) is 0 Å². The molecule has 1 aromatic carbocycles. The third-order valence-electron chi connectivity index (χ3n) is 2.91. The summed E-state index contributed by atoms with van der Waals surface area (Å²) < 4.78 is 18.6. The molecule has 0 unspecified atom stereocenters. The zero-order chi connectivity index (χ0) is 16.4. The van der Waals surface area contributed by atoms with Crippen molar-refractivity contribution in [1.82, 2.24) is 20.4 Å². The van der Waals surface area contributed by atoms with Gasteiger partial charge in [0.15, 0.2) is 0 Å². The molecular formula is C14H8ClFN4O3. The van der Waals surface area contributed by atoms with Crippen LogP contribution in [0.25, 0.3) is 11.1 Å². The number of aromatic amines is 1. The van der Waals surface area contributed by atoms with E-state index in [1.807, 2.05) is 0 Å². The molecule has 2 heterocycles. The number of benzene rings is 1. The Labute approximate surface area is 133 Å². The number of carboxylic acids is 1. The van der Waals surface area contributed by atoms with Crippen LogP contribution in [0.3, 0.4) is 0 Å². The van der Waals surface area contributed by atoms with Crippen LogP contribution in [0.15, 0.2) is 36.5 Å². The van der Waals surface area contributed by atoms with Gasteiger partial charge in [-0.05, 0) is 23.8 Å². The summed E-state index contributed by atoms with van der Waals surface area (Å²) in [4.78, 5) is 14.7. The SMILES string of the molecule is O=C(O)c1nn[nH]c1Oc1ccc(-c2cc(F)cnc2Cl)cc1. The predicted molar refractivity (Wildman–Crippen MR) is 78.1 cm³/mol. The Morgan fingerprint density at radius 1 is 1.30 bits per heavy atom. The van der Waals surface area contributed by atoms with Gasteiger partial charge in [0.2, 0.25) is 5.69 Å². The maximum atomic E-state index is 13.3. The Kier molecular flexibility index (Phi) is 3.90. The second kappa shape index (κ2) is 6.01. The Bertz CT molecular complexity index is 867. The van der Waals surface area contributed by atoms with Crippen LogP contribution in [-0.4, -0.2) is 31.5 Å². The molecule has 23 heavy (non-hydrogen) atoms. The van der Waals surface area contributed by atoms with Gasteiger partial charge in [-0.25, -0.2) is 19.3 Å². The van der Waals surface area contributed by atoms with Crippen LogP contribution < -0.4 is 4.74 Å². The molecule has 0 radical (unpaired) electrons. The number of hydrogen-bond donors (Lipinski definition) is 2. The van der Waals surface area contributed by atoms with E-state index in [0.717, 1.165) is 6.20 Å². The van der Waals surface area contributed by atoms with Crippen LogP contribution in [0, 0.1) is 5.82 Å². The normalized spacial score (nSPS) is 10.5.